The number of piperazine rings is 1. The van der Waals surface area contributed by atoms with E-state index in [4.69, 9.17) is 9.15 Å². The largest absolute Gasteiger partial charge is 0.468 e. The van der Waals surface area contributed by atoms with Gasteiger partial charge in [0.1, 0.15) is 11.3 Å². The smallest absolute Gasteiger partial charge is 0.343 e. The average molecular weight is 438 g/mol. The number of hydrogen-bond acceptors (Lipinski definition) is 7. The van der Waals surface area contributed by atoms with Crippen molar-refractivity contribution in [2.45, 2.75) is 13.5 Å². The second kappa shape index (κ2) is 10.3. The molecule has 4 rings (SSSR count). The third kappa shape index (κ3) is 5.24. The van der Waals surface area contributed by atoms with Gasteiger partial charge in [0.05, 0.1) is 37.8 Å². The molecule has 0 aliphatic carbocycles. The van der Waals surface area contributed by atoms with Crippen molar-refractivity contribution >= 4 is 17.7 Å². The minimum absolute atomic E-state index is 0.201. The Kier molecular flexibility index (Phi) is 6.98. The maximum Gasteiger partial charge on any atom is 0.343 e. The van der Waals surface area contributed by atoms with Gasteiger partial charge in [-0.3, -0.25) is 14.6 Å². The van der Waals surface area contributed by atoms with Crippen LogP contribution in [-0.4, -0.2) is 70.8 Å². The maximum absolute atomic E-state index is 12.9. The van der Waals surface area contributed by atoms with Gasteiger partial charge in [-0.25, -0.2) is 9.48 Å². The summed E-state index contributed by atoms with van der Waals surface area (Å²) in [5.41, 5.74) is 0.970. The predicted molar refractivity (Wildman–Crippen MR) is 119 cm³/mol. The lowest BCUT2D eigenvalue weighted by Gasteiger charge is -2.33. The van der Waals surface area contributed by atoms with Gasteiger partial charge in [-0.2, -0.15) is 5.10 Å². The molecule has 0 saturated carbocycles. The second-order valence-electron chi connectivity index (χ2n) is 7.55. The number of ether oxygens (including phenoxy) is 1. The van der Waals surface area contributed by atoms with Crippen LogP contribution in [0.15, 0.2) is 59.3 Å². The molecule has 1 saturated heterocycles. The molecule has 0 atom stereocenters. The van der Waals surface area contributed by atoms with E-state index in [1.165, 1.54) is 6.20 Å². The van der Waals surface area contributed by atoms with Crippen LogP contribution in [0.4, 0.5) is 5.82 Å². The normalized spacial score (nSPS) is 14.9. The maximum atomic E-state index is 12.9. The molecule has 2 aromatic heterocycles. The van der Waals surface area contributed by atoms with Gasteiger partial charge in [0.2, 0.25) is 5.91 Å². The predicted octanol–water partition coefficient (Wildman–Crippen LogP) is 2.40. The molecule has 1 amide bonds. The lowest BCUT2D eigenvalue weighted by molar-refractivity contribution is -0.117. The summed E-state index contributed by atoms with van der Waals surface area (Å²) in [6.45, 7) is 6.24. The van der Waals surface area contributed by atoms with Gasteiger partial charge < -0.3 is 14.5 Å². The first-order valence-corrected chi connectivity index (χ1v) is 10.7. The molecule has 32 heavy (non-hydrogen) atoms. The number of furan rings is 1. The van der Waals surface area contributed by atoms with Gasteiger partial charge >= 0.3 is 5.97 Å². The molecule has 1 aliphatic rings. The number of benzene rings is 1. The molecule has 0 unspecified atom stereocenters. The van der Waals surface area contributed by atoms with Crippen LogP contribution < -0.4 is 5.32 Å². The number of carbonyl (C=O) groups is 2. The number of hydrogen-bond donors (Lipinski definition) is 1. The highest BCUT2D eigenvalue weighted by Gasteiger charge is 2.24. The summed E-state index contributed by atoms with van der Waals surface area (Å²) >= 11 is 0. The summed E-state index contributed by atoms with van der Waals surface area (Å²) in [6.07, 6.45) is 3.11. The zero-order valence-electron chi connectivity index (χ0n) is 18.1. The van der Waals surface area contributed by atoms with E-state index in [0.29, 0.717) is 5.82 Å². The Bertz CT molecular complexity index is 1020. The standard InChI is InChI=1S/C23H27N5O4/c1-2-31-23(30)20-15-24-28(18-7-4-3-5-8-18)22(20)25-21(29)17-27-12-10-26(11-13-27)16-19-9-6-14-32-19/h3-9,14-15H,2,10-13,16-17H2,1H3,(H,25,29). The second-order valence-corrected chi connectivity index (χ2v) is 7.55. The van der Waals surface area contributed by atoms with Crippen LogP contribution in [0.2, 0.25) is 0 Å². The molecule has 1 fully saturated rings. The summed E-state index contributed by atoms with van der Waals surface area (Å²) < 4.78 is 12.1. The van der Waals surface area contributed by atoms with Crippen molar-refractivity contribution < 1.29 is 18.7 Å². The lowest BCUT2D eigenvalue weighted by Crippen LogP contribution is -2.48. The SMILES string of the molecule is CCOC(=O)c1cnn(-c2ccccc2)c1NC(=O)CN1CCN(Cc2ccco2)CC1. The molecule has 1 aromatic carbocycles. The average Bonchev–Trinajstić information content (AvgIpc) is 3.46. The highest BCUT2D eigenvalue weighted by Crippen LogP contribution is 2.21. The Morgan fingerprint density at radius 3 is 2.50 bits per heavy atom. The molecule has 0 bridgehead atoms. The van der Waals surface area contributed by atoms with Gasteiger partial charge in [-0.05, 0) is 31.2 Å². The van der Waals surface area contributed by atoms with Crippen molar-refractivity contribution in [2.24, 2.45) is 0 Å². The fourth-order valence-electron chi connectivity index (χ4n) is 3.70. The third-order valence-corrected chi connectivity index (χ3v) is 5.31. The van der Waals surface area contributed by atoms with Crippen LogP contribution in [0.5, 0.6) is 0 Å². The molecule has 3 aromatic rings. The molecule has 0 radical (unpaired) electrons. The van der Waals surface area contributed by atoms with Crippen molar-refractivity contribution in [1.82, 2.24) is 19.6 Å². The van der Waals surface area contributed by atoms with Gasteiger partial charge in [0.15, 0.2) is 5.82 Å². The number of anilines is 1. The van der Waals surface area contributed by atoms with Crippen molar-refractivity contribution in [3.8, 4) is 5.69 Å². The Hall–Kier alpha value is -3.43. The van der Waals surface area contributed by atoms with Crippen molar-refractivity contribution in [3.63, 3.8) is 0 Å². The van der Waals surface area contributed by atoms with Crippen LogP contribution in [0.1, 0.15) is 23.0 Å². The fourth-order valence-corrected chi connectivity index (χ4v) is 3.70. The Morgan fingerprint density at radius 2 is 1.81 bits per heavy atom. The summed E-state index contributed by atoms with van der Waals surface area (Å²) in [6, 6.07) is 13.2. The van der Waals surface area contributed by atoms with Crippen LogP contribution in [-0.2, 0) is 16.1 Å². The van der Waals surface area contributed by atoms with Gasteiger partial charge in [0.25, 0.3) is 0 Å². The highest BCUT2D eigenvalue weighted by atomic mass is 16.5. The molecule has 9 heteroatoms. The molecule has 0 spiro atoms. The van der Waals surface area contributed by atoms with E-state index < -0.39 is 5.97 Å². The van der Waals surface area contributed by atoms with Crippen LogP contribution in [0.25, 0.3) is 5.69 Å². The van der Waals surface area contributed by atoms with Crippen LogP contribution in [0, 0.1) is 0 Å². The zero-order chi connectivity index (χ0) is 22.3. The molecule has 9 nitrogen and oxygen atoms in total. The van der Waals surface area contributed by atoms with E-state index in [1.54, 1.807) is 17.9 Å². The van der Waals surface area contributed by atoms with Gasteiger partial charge in [-0.15, -0.1) is 0 Å². The summed E-state index contributed by atoms with van der Waals surface area (Å²) in [5, 5.41) is 7.19. The number of amides is 1. The molecule has 1 N–H and O–H groups in total. The van der Waals surface area contributed by atoms with E-state index in [1.807, 2.05) is 42.5 Å². The zero-order valence-corrected chi connectivity index (χ0v) is 18.1. The van der Waals surface area contributed by atoms with Crippen molar-refractivity contribution in [2.75, 3.05) is 44.6 Å². The Labute approximate surface area is 186 Å². The fraction of sp³-hybridized carbons (Fsp3) is 0.348. The first-order chi connectivity index (χ1) is 15.6. The van der Waals surface area contributed by atoms with E-state index in [-0.39, 0.29) is 24.6 Å². The Morgan fingerprint density at radius 1 is 1.06 bits per heavy atom. The first-order valence-electron chi connectivity index (χ1n) is 10.7. The molecular weight excluding hydrogens is 410 g/mol. The highest BCUT2D eigenvalue weighted by molar-refractivity contribution is 6.01. The lowest BCUT2D eigenvalue weighted by atomic mass is 10.2. The summed E-state index contributed by atoms with van der Waals surface area (Å²) in [4.78, 5) is 29.7. The number of nitrogens with one attached hydrogen (secondary N) is 1. The molecule has 1 aliphatic heterocycles. The third-order valence-electron chi connectivity index (χ3n) is 5.31. The van der Waals surface area contributed by atoms with E-state index in [0.717, 1.165) is 44.2 Å². The monoisotopic (exact) mass is 437 g/mol. The van der Waals surface area contributed by atoms with Crippen molar-refractivity contribution in [3.05, 3.63) is 66.2 Å². The number of esters is 1. The van der Waals surface area contributed by atoms with Crippen LogP contribution in [0.3, 0.4) is 0 Å². The number of rotatable bonds is 8. The minimum atomic E-state index is -0.517. The van der Waals surface area contributed by atoms with Crippen LogP contribution >= 0.6 is 0 Å². The number of carbonyl (C=O) groups excluding carboxylic acids is 2. The van der Waals surface area contributed by atoms with Crippen molar-refractivity contribution in [1.29, 1.82) is 0 Å². The van der Waals surface area contributed by atoms with E-state index in [2.05, 4.69) is 20.2 Å². The van der Waals surface area contributed by atoms with Gasteiger partial charge in [0, 0.05) is 26.2 Å². The topological polar surface area (TPSA) is 92.8 Å². The first kappa shape index (κ1) is 21.8. The number of nitrogens with zero attached hydrogens (tertiary/aromatic N) is 4. The van der Waals surface area contributed by atoms with Gasteiger partial charge in [-0.1, -0.05) is 18.2 Å². The number of aromatic nitrogens is 2. The summed E-state index contributed by atoms with van der Waals surface area (Å²) in [5.74, 6) is 0.539. The minimum Gasteiger partial charge on any atom is -0.468 e. The van der Waals surface area contributed by atoms with E-state index >= 15 is 0 Å². The summed E-state index contributed by atoms with van der Waals surface area (Å²) in [7, 11) is 0. The van der Waals surface area contributed by atoms with E-state index in [9.17, 15) is 9.59 Å². The molecule has 3 heterocycles. The number of para-hydroxylation sites is 1. The molecular formula is C23H27N5O4. The molecule has 168 valence electrons. The quantitative estimate of drug-likeness (QED) is 0.541. The Balaban J connectivity index is 1.40.